The Hall–Kier alpha value is -8.84. The van der Waals surface area contributed by atoms with E-state index in [1.54, 1.807) is 0 Å². The van der Waals surface area contributed by atoms with E-state index in [0.717, 1.165) is 0 Å². The van der Waals surface area contributed by atoms with Crippen molar-refractivity contribution >= 4 is 92.5 Å². The Morgan fingerprint density at radius 2 is 0.485 bits per heavy atom. The molecule has 0 spiro atoms. The summed E-state index contributed by atoms with van der Waals surface area (Å²) in [6, 6.07) is 91.2. The Kier molecular flexibility index (Phi) is 7.88. The van der Waals surface area contributed by atoms with Crippen molar-refractivity contribution in [2.75, 3.05) is 0 Å². The minimum Gasteiger partial charge on any atom is -0.0622 e. The summed E-state index contributed by atoms with van der Waals surface area (Å²) in [6.07, 6.45) is 0. The summed E-state index contributed by atoms with van der Waals surface area (Å²) >= 11 is 0. The molecule has 312 valence electrons. The van der Waals surface area contributed by atoms with Crippen molar-refractivity contribution in [1.29, 1.82) is 0 Å². The van der Waals surface area contributed by atoms with E-state index in [2.05, 4.69) is 243 Å². The second-order valence-electron chi connectivity index (χ2n) is 18.6. The second kappa shape index (κ2) is 14.3. The summed E-state index contributed by atoms with van der Waals surface area (Å²) in [4.78, 5) is 0. The largest absolute Gasteiger partial charge is 0.0622 e. The highest BCUT2D eigenvalue weighted by molar-refractivity contribution is 6.43. The van der Waals surface area contributed by atoms with Gasteiger partial charge in [-0.15, -0.1) is 0 Å². The third-order valence-electron chi connectivity index (χ3n) is 15.1. The first-order valence-electron chi connectivity index (χ1n) is 23.7. The van der Waals surface area contributed by atoms with Crippen LogP contribution in [0.2, 0.25) is 0 Å². The Morgan fingerprint density at radius 3 is 0.926 bits per heavy atom. The highest BCUT2D eigenvalue weighted by atomic mass is 14.4. The van der Waals surface area contributed by atoms with Gasteiger partial charge in [-0.2, -0.15) is 0 Å². The lowest BCUT2D eigenvalue weighted by Gasteiger charge is -2.22. The zero-order valence-electron chi connectivity index (χ0n) is 37.1. The molecule has 0 aliphatic heterocycles. The predicted molar refractivity (Wildman–Crippen MR) is 290 cm³/mol. The molecule has 0 N–H and O–H groups in total. The minimum absolute atomic E-state index is 1.20. The van der Waals surface area contributed by atoms with Crippen molar-refractivity contribution < 1.29 is 0 Å². The molecule has 0 unspecified atom stereocenters. The number of hydrogen-bond acceptors (Lipinski definition) is 0. The van der Waals surface area contributed by atoms with Gasteiger partial charge in [-0.1, -0.05) is 231 Å². The fourth-order valence-corrected chi connectivity index (χ4v) is 12.2. The normalized spacial score (nSPS) is 13.7. The summed E-state index contributed by atoms with van der Waals surface area (Å²) in [7, 11) is 0. The molecule has 13 aromatic carbocycles. The molecule has 0 aromatic heterocycles. The fraction of sp³-hybridized carbons (Fsp3) is 0. The first kappa shape index (κ1) is 37.4. The van der Waals surface area contributed by atoms with Gasteiger partial charge >= 0.3 is 0 Å². The third kappa shape index (κ3) is 5.26. The number of hydrogen-bond donors (Lipinski definition) is 0. The zero-order chi connectivity index (χ0) is 44.5. The molecular formula is C68H40. The van der Waals surface area contributed by atoms with Gasteiger partial charge in [-0.05, 0) is 166 Å². The van der Waals surface area contributed by atoms with E-state index in [0.29, 0.717) is 0 Å². The number of benzene rings is 13. The standard InChI is InChI=1S/C68H40/c1-5-15-41(16-6-1)55-39-57-58(40-56(55)42-17-7-2-8-18-42)67-64(44-21-11-4-12-22-44)65(53-37-33-49-29-27-45-23-13-25-47-31-35-51(53)61(49)59(45)47)66(68(67)63(57)43-19-9-3-10-20-43)54-38-34-50-30-28-46-24-14-26-48-32-36-52(54)62(50)60(46)48/h1-40H. The maximum atomic E-state index is 2.52. The Labute approximate surface area is 394 Å². The van der Waals surface area contributed by atoms with Gasteiger partial charge in [0.1, 0.15) is 0 Å². The number of rotatable bonds is 6. The molecule has 0 saturated heterocycles. The van der Waals surface area contributed by atoms with Crippen LogP contribution in [0.3, 0.4) is 0 Å². The van der Waals surface area contributed by atoms with Crippen LogP contribution in [0.1, 0.15) is 33.4 Å². The highest BCUT2D eigenvalue weighted by Gasteiger charge is 2.42. The summed E-state index contributed by atoms with van der Waals surface area (Å²) in [6.45, 7) is 0. The van der Waals surface area contributed by atoms with Crippen LogP contribution in [0.25, 0.3) is 115 Å². The van der Waals surface area contributed by atoms with Gasteiger partial charge in [0.05, 0.1) is 0 Å². The third-order valence-corrected chi connectivity index (χ3v) is 15.1. The molecule has 68 heavy (non-hydrogen) atoms. The van der Waals surface area contributed by atoms with Crippen molar-refractivity contribution in [1.82, 2.24) is 0 Å². The molecule has 0 heteroatoms. The van der Waals surface area contributed by atoms with Crippen LogP contribution in [-0.2, 0) is 0 Å². The lowest BCUT2D eigenvalue weighted by atomic mass is 9.81. The summed E-state index contributed by atoms with van der Waals surface area (Å²) < 4.78 is 0. The molecule has 0 radical (unpaired) electrons. The fourth-order valence-electron chi connectivity index (χ4n) is 12.2. The average molecular weight is 857 g/mol. The van der Waals surface area contributed by atoms with E-state index in [4.69, 9.17) is 0 Å². The monoisotopic (exact) mass is 856 g/mol. The van der Waals surface area contributed by atoms with Crippen LogP contribution in [-0.4, -0.2) is 0 Å². The molecule has 0 amide bonds. The van der Waals surface area contributed by atoms with Gasteiger partial charge in [-0.25, -0.2) is 0 Å². The maximum Gasteiger partial charge on any atom is -0.000115 e. The van der Waals surface area contributed by atoms with Crippen molar-refractivity contribution in [2.45, 2.75) is 0 Å². The van der Waals surface area contributed by atoms with Crippen LogP contribution in [0.5, 0.6) is 0 Å². The SMILES string of the molecule is c1ccc(C2=C3C(=C(c4ccccc4)c4cc(-c5ccccc5)c(-c5ccccc5)cc43)C(c3ccc4ccc5cccc6ccc3c4c56)=C2c2ccc3ccc4cccc5ccc2c3c45)cc1. The molecule has 2 aliphatic carbocycles. The van der Waals surface area contributed by atoms with Crippen molar-refractivity contribution in [3.8, 4) is 22.3 Å². The Bertz CT molecular complexity index is 4270. The first-order chi connectivity index (χ1) is 33.8. The molecule has 0 fully saturated rings. The molecule has 0 bridgehead atoms. The topological polar surface area (TPSA) is 0 Å². The zero-order valence-corrected chi connectivity index (χ0v) is 37.1. The van der Waals surface area contributed by atoms with Crippen LogP contribution in [0, 0.1) is 0 Å². The van der Waals surface area contributed by atoms with E-state index in [1.807, 2.05) is 0 Å². The van der Waals surface area contributed by atoms with E-state index in [9.17, 15) is 0 Å². The van der Waals surface area contributed by atoms with E-state index < -0.39 is 0 Å². The molecule has 2 aliphatic rings. The summed E-state index contributed by atoms with van der Waals surface area (Å²) in [5.41, 5.74) is 20.0. The molecule has 0 saturated carbocycles. The Morgan fingerprint density at radius 1 is 0.162 bits per heavy atom. The van der Waals surface area contributed by atoms with Crippen LogP contribution < -0.4 is 0 Å². The molecule has 0 atom stereocenters. The number of fused-ring (bicyclic) bond motifs is 3. The minimum atomic E-state index is 1.20. The first-order valence-corrected chi connectivity index (χ1v) is 23.7. The lowest BCUT2D eigenvalue weighted by Crippen LogP contribution is -1.99. The average Bonchev–Trinajstić information content (AvgIpc) is 3.92. The number of allylic oxidation sites excluding steroid dienone is 5. The highest BCUT2D eigenvalue weighted by Crippen LogP contribution is 2.64. The maximum absolute atomic E-state index is 2.52. The van der Waals surface area contributed by atoms with Gasteiger partial charge in [0, 0.05) is 0 Å². The van der Waals surface area contributed by atoms with Crippen LogP contribution >= 0.6 is 0 Å². The van der Waals surface area contributed by atoms with Gasteiger partial charge in [-0.3, -0.25) is 0 Å². The van der Waals surface area contributed by atoms with Gasteiger partial charge in [0.2, 0.25) is 0 Å². The van der Waals surface area contributed by atoms with Crippen molar-refractivity contribution in [3.63, 3.8) is 0 Å². The second-order valence-corrected chi connectivity index (χ2v) is 18.6. The van der Waals surface area contributed by atoms with Gasteiger partial charge in [0.25, 0.3) is 0 Å². The van der Waals surface area contributed by atoms with Crippen molar-refractivity contribution in [2.24, 2.45) is 0 Å². The molecule has 0 nitrogen and oxygen atoms in total. The van der Waals surface area contributed by atoms with Gasteiger partial charge < -0.3 is 0 Å². The summed E-state index contributed by atoms with van der Waals surface area (Å²) in [5, 5.41) is 15.5. The van der Waals surface area contributed by atoms with Gasteiger partial charge in [0.15, 0.2) is 0 Å². The summed E-state index contributed by atoms with van der Waals surface area (Å²) in [5.74, 6) is 0. The Balaban J connectivity index is 1.17. The van der Waals surface area contributed by atoms with Crippen molar-refractivity contribution in [3.05, 3.63) is 282 Å². The van der Waals surface area contributed by atoms with Crippen LogP contribution in [0.4, 0.5) is 0 Å². The smallest absolute Gasteiger partial charge is 0.000115 e. The van der Waals surface area contributed by atoms with Crippen LogP contribution in [0.15, 0.2) is 248 Å². The molecule has 13 aromatic rings. The van der Waals surface area contributed by atoms with E-state index in [1.165, 1.54) is 154 Å². The van der Waals surface area contributed by atoms with E-state index >= 15 is 0 Å². The molecule has 15 rings (SSSR count). The predicted octanol–water partition coefficient (Wildman–Crippen LogP) is 18.2. The van der Waals surface area contributed by atoms with E-state index in [-0.39, 0.29) is 0 Å². The lowest BCUT2D eigenvalue weighted by molar-refractivity contribution is 1.52. The quantitative estimate of drug-likeness (QED) is 0.146. The molecular weight excluding hydrogens is 817 g/mol. The molecule has 0 heterocycles.